The van der Waals surface area contributed by atoms with Crippen LogP contribution in [-0.2, 0) is 0 Å². The summed E-state index contributed by atoms with van der Waals surface area (Å²) in [6.07, 6.45) is 1.84. The van der Waals surface area contributed by atoms with Crippen LogP contribution < -0.4 is 5.73 Å². The number of aliphatic hydroxyl groups excluding tert-OH is 1. The number of hydrogen-bond donors (Lipinski definition) is 2. The second kappa shape index (κ2) is 5.24. The average Bonchev–Trinajstić information content (AvgIpc) is 2.35. The molecule has 2 atom stereocenters. The van der Waals surface area contributed by atoms with Crippen molar-refractivity contribution in [1.82, 2.24) is 9.88 Å². The molecule has 98 valence electrons. The largest absolute Gasteiger partial charge is 0.393 e. The molecule has 1 aromatic heterocycles. The highest BCUT2D eigenvalue weighted by Crippen LogP contribution is 2.22. The first-order valence-corrected chi connectivity index (χ1v) is 6.66. The molecule has 5 nitrogen and oxygen atoms in total. The fraction of sp³-hybridized carbons (Fsp3) is 0.500. The maximum atomic E-state index is 12.3. The molecular formula is C12H16BrN3O2. The molecule has 0 aliphatic carbocycles. The van der Waals surface area contributed by atoms with Gasteiger partial charge in [-0.25, -0.2) is 4.98 Å². The quantitative estimate of drug-likeness (QED) is 0.818. The third-order valence-corrected chi connectivity index (χ3v) is 3.70. The molecule has 2 unspecified atom stereocenters. The van der Waals surface area contributed by atoms with E-state index in [1.165, 1.54) is 0 Å². The first-order chi connectivity index (χ1) is 8.49. The number of anilines is 1. The molecule has 0 spiro atoms. The summed E-state index contributed by atoms with van der Waals surface area (Å²) in [5, 5.41) is 9.66. The number of rotatable bonds is 1. The van der Waals surface area contributed by atoms with Crippen molar-refractivity contribution in [2.75, 3.05) is 18.8 Å². The van der Waals surface area contributed by atoms with E-state index >= 15 is 0 Å². The minimum Gasteiger partial charge on any atom is -0.393 e. The van der Waals surface area contributed by atoms with E-state index in [0.29, 0.717) is 25.1 Å². The Morgan fingerprint density at radius 2 is 2.39 bits per heavy atom. The van der Waals surface area contributed by atoms with E-state index in [9.17, 15) is 9.90 Å². The summed E-state index contributed by atoms with van der Waals surface area (Å²) < 4.78 is 0.727. The van der Waals surface area contributed by atoms with Crippen LogP contribution in [0.1, 0.15) is 23.7 Å². The van der Waals surface area contributed by atoms with Crippen molar-refractivity contribution >= 4 is 27.7 Å². The fourth-order valence-electron chi connectivity index (χ4n) is 2.11. The zero-order valence-electron chi connectivity index (χ0n) is 10.1. The van der Waals surface area contributed by atoms with Gasteiger partial charge in [0.25, 0.3) is 5.91 Å². The predicted molar refractivity (Wildman–Crippen MR) is 72.0 cm³/mol. The van der Waals surface area contributed by atoms with Crippen LogP contribution in [0.2, 0.25) is 0 Å². The van der Waals surface area contributed by atoms with E-state index in [4.69, 9.17) is 5.73 Å². The van der Waals surface area contributed by atoms with Gasteiger partial charge in [-0.2, -0.15) is 0 Å². The minimum absolute atomic E-state index is 0.0871. The summed E-state index contributed by atoms with van der Waals surface area (Å²) in [4.78, 5) is 18.0. The Morgan fingerprint density at radius 3 is 3.06 bits per heavy atom. The van der Waals surface area contributed by atoms with Crippen LogP contribution in [-0.4, -0.2) is 40.1 Å². The molecule has 0 radical (unpaired) electrons. The van der Waals surface area contributed by atoms with Gasteiger partial charge in [0, 0.05) is 23.8 Å². The van der Waals surface area contributed by atoms with E-state index < -0.39 is 0 Å². The lowest BCUT2D eigenvalue weighted by atomic mass is 9.96. The molecule has 1 aliphatic rings. The van der Waals surface area contributed by atoms with Crippen LogP contribution in [0.4, 0.5) is 5.82 Å². The Kier molecular flexibility index (Phi) is 3.87. The van der Waals surface area contributed by atoms with Crippen molar-refractivity contribution in [3.8, 4) is 0 Å². The Hall–Kier alpha value is -1.14. The molecule has 1 fully saturated rings. The lowest BCUT2D eigenvalue weighted by Crippen LogP contribution is -2.45. The van der Waals surface area contributed by atoms with Crippen molar-refractivity contribution in [1.29, 1.82) is 0 Å². The maximum absolute atomic E-state index is 12.3. The summed E-state index contributed by atoms with van der Waals surface area (Å²) in [5.74, 6) is 0.200. The number of aromatic nitrogens is 1. The topological polar surface area (TPSA) is 79.5 Å². The highest BCUT2D eigenvalue weighted by Gasteiger charge is 2.28. The maximum Gasteiger partial charge on any atom is 0.257 e. The Bertz CT molecular complexity index is 467. The number of piperidine rings is 1. The smallest absolute Gasteiger partial charge is 0.257 e. The first kappa shape index (κ1) is 13.3. The number of pyridine rings is 1. The Labute approximate surface area is 114 Å². The summed E-state index contributed by atoms with van der Waals surface area (Å²) in [6, 6.07) is 1.68. The van der Waals surface area contributed by atoms with Crippen LogP contribution in [0.25, 0.3) is 0 Å². The number of nitrogens with two attached hydrogens (primary N) is 1. The predicted octanol–water partition coefficient (Wildman–Crippen LogP) is 1.27. The number of nitrogens with zero attached hydrogens (tertiary/aromatic N) is 2. The van der Waals surface area contributed by atoms with Crippen LogP contribution in [0.3, 0.4) is 0 Å². The number of carbonyl (C=O) groups excluding carboxylic acids is 1. The third-order valence-electron chi connectivity index (χ3n) is 3.26. The lowest BCUT2D eigenvalue weighted by molar-refractivity contribution is 0.0298. The number of halogens is 1. The summed E-state index contributed by atoms with van der Waals surface area (Å²) >= 11 is 3.28. The zero-order valence-corrected chi connectivity index (χ0v) is 11.7. The molecule has 0 aromatic carbocycles. The summed E-state index contributed by atoms with van der Waals surface area (Å²) in [7, 11) is 0. The second-order valence-electron chi connectivity index (χ2n) is 4.67. The van der Waals surface area contributed by atoms with Gasteiger partial charge in [0.15, 0.2) is 0 Å². The molecule has 1 aromatic rings. The molecule has 6 heteroatoms. The molecule has 0 saturated carbocycles. The Balaban J connectivity index is 2.19. The standard InChI is InChI=1S/C12H16BrN3O2/c1-7-6-16(3-2-10(7)17)12(18)9-4-8(13)5-15-11(9)14/h4-5,7,10,17H,2-3,6H2,1H3,(H2,14,15). The molecule has 2 heterocycles. The molecule has 0 bridgehead atoms. The van der Waals surface area contributed by atoms with Gasteiger partial charge in [0.05, 0.1) is 11.7 Å². The van der Waals surface area contributed by atoms with Crippen molar-refractivity contribution < 1.29 is 9.90 Å². The van der Waals surface area contributed by atoms with Gasteiger partial charge < -0.3 is 15.7 Å². The van der Waals surface area contributed by atoms with Crippen LogP contribution >= 0.6 is 15.9 Å². The van der Waals surface area contributed by atoms with Gasteiger partial charge in [0.1, 0.15) is 5.82 Å². The van der Waals surface area contributed by atoms with Gasteiger partial charge in [-0.05, 0) is 34.3 Å². The average molecular weight is 314 g/mol. The molecule has 18 heavy (non-hydrogen) atoms. The van der Waals surface area contributed by atoms with Crippen LogP contribution in [0.5, 0.6) is 0 Å². The molecule has 2 rings (SSSR count). The molecule has 1 aliphatic heterocycles. The number of aliphatic hydroxyl groups is 1. The highest BCUT2D eigenvalue weighted by atomic mass is 79.9. The van der Waals surface area contributed by atoms with E-state index in [-0.39, 0.29) is 23.7 Å². The van der Waals surface area contributed by atoms with Gasteiger partial charge in [-0.15, -0.1) is 0 Å². The monoisotopic (exact) mass is 313 g/mol. The van der Waals surface area contributed by atoms with Gasteiger partial charge in [0.2, 0.25) is 0 Å². The number of hydrogen-bond acceptors (Lipinski definition) is 4. The van der Waals surface area contributed by atoms with Crippen LogP contribution in [0.15, 0.2) is 16.7 Å². The number of carbonyl (C=O) groups is 1. The van der Waals surface area contributed by atoms with Crippen molar-refractivity contribution in [3.05, 3.63) is 22.3 Å². The summed E-state index contributed by atoms with van der Waals surface area (Å²) in [5.41, 5.74) is 6.14. The van der Waals surface area contributed by atoms with Crippen LogP contribution in [0, 0.1) is 5.92 Å². The second-order valence-corrected chi connectivity index (χ2v) is 5.59. The van der Waals surface area contributed by atoms with Gasteiger partial charge in [-0.3, -0.25) is 4.79 Å². The van der Waals surface area contributed by atoms with Gasteiger partial charge >= 0.3 is 0 Å². The molecule has 1 amide bonds. The number of amides is 1. The third kappa shape index (κ3) is 2.64. The fourth-order valence-corrected chi connectivity index (χ4v) is 2.44. The van der Waals surface area contributed by atoms with Gasteiger partial charge in [-0.1, -0.05) is 6.92 Å². The lowest BCUT2D eigenvalue weighted by Gasteiger charge is -2.34. The molecule has 3 N–H and O–H groups in total. The van der Waals surface area contributed by atoms with Crippen molar-refractivity contribution in [2.45, 2.75) is 19.4 Å². The Morgan fingerprint density at radius 1 is 1.67 bits per heavy atom. The first-order valence-electron chi connectivity index (χ1n) is 5.87. The SMILES string of the molecule is CC1CN(C(=O)c2cc(Br)cnc2N)CCC1O. The number of nitrogen functional groups attached to an aromatic ring is 1. The molecule has 1 saturated heterocycles. The van der Waals surface area contributed by atoms with E-state index in [0.717, 1.165) is 4.47 Å². The summed E-state index contributed by atoms with van der Waals surface area (Å²) in [6.45, 7) is 3.04. The normalized spacial score (nSPS) is 24.1. The minimum atomic E-state index is -0.327. The number of likely N-dealkylation sites (tertiary alicyclic amines) is 1. The highest BCUT2D eigenvalue weighted by molar-refractivity contribution is 9.10. The van der Waals surface area contributed by atoms with E-state index in [2.05, 4.69) is 20.9 Å². The van der Waals surface area contributed by atoms with E-state index in [1.54, 1.807) is 17.2 Å². The van der Waals surface area contributed by atoms with E-state index in [1.807, 2.05) is 6.92 Å². The zero-order chi connectivity index (χ0) is 13.3. The van der Waals surface area contributed by atoms with Crippen molar-refractivity contribution in [2.24, 2.45) is 5.92 Å². The molecular weight excluding hydrogens is 298 g/mol. The van der Waals surface area contributed by atoms with Crippen molar-refractivity contribution in [3.63, 3.8) is 0 Å².